The molecule has 0 saturated carbocycles. The molecule has 0 radical (unpaired) electrons. The molecule has 21 heavy (non-hydrogen) atoms. The average Bonchev–Trinajstić information content (AvgIpc) is 2.85. The van der Waals surface area contributed by atoms with Gasteiger partial charge in [0, 0.05) is 18.0 Å². The summed E-state index contributed by atoms with van der Waals surface area (Å²) in [5, 5.41) is 0. The monoisotopic (exact) mass is 325 g/mol. The van der Waals surface area contributed by atoms with Crippen molar-refractivity contribution in [2.24, 2.45) is 0 Å². The van der Waals surface area contributed by atoms with Crippen LogP contribution in [-0.4, -0.2) is 24.0 Å². The summed E-state index contributed by atoms with van der Waals surface area (Å²) >= 11 is 7.55. The minimum atomic E-state index is -0.462. The lowest BCUT2D eigenvalue weighted by molar-refractivity contribution is -0.134. The zero-order chi connectivity index (χ0) is 14.8. The van der Waals surface area contributed by atoms with Crippen molar-refractivity contribution >= 4 is 28.8 Å². The van der Waals surface area contributed by atoms with Gasteiger partial charge in [-0.15, -0.1) is 11.3 Å². The Bertz CT molecular complexity index is 673. The maximum atomic E-state index is 13.4. The molecule has 6 heteroatoms. The fourth-order valence-corrected chi connectivity index (χ4v) is 3.60. The first-order valence-electron chi connectivity index (χ1n) is 6.55. The summed E-state index contributed by atoms with van der Waals surface area (Å²) in [5.41, 5.74) is 1.09. The highest BCUT2D eigenvalue weighted by molar-refractivity contribution is 7.16. The summed E-state index contributed by atoms with van der Waals surface area (Å²) in [5.74, 6) is -0.510. The number of hydrogen-bond acceptors (Lipinski definition) is 3. The van der Waals surface area contributed by atoms with Crippen molar-refractivity contribution in [3.05, 3.63) is 50.9 Å². The third-order valence-electron chi connectivity index (χ3n) is 3.38. The zero-order valence-electron chi connectivity index (χ0n) is 11.1. The van der Waals surface area contributed by atoms with Gasteiger partial charge in [-0.2, -0.15) is 0 Å². The molecule has 0 saturated heterocycles. The summed E-state index contributed by atoms with van der Waals surface area (Å²) < 4.78 is 19.4. The molecule has 0 spiro atoms. The predicted octanol–water partition coefficient (Wildman–Crippen LogP) is 3.50. The van der Waals surface area contributed by atoms with E-state index in [4.69, 9.17) is 16.3 Å². The van der Waals surface area contributed by atoms with Gasteiger partial charge in [0.15, 0.2) is 18.2 Å². The van der Waals surface area contributed by atoms with E-state index in [1.165, 1.54) is 17.0 Å². The molecule has 1 aliphatic rings. The average molecular weight is 326 g/mol. The molecule has 110 valence electrons. The summed E-state index contributed by atoms with van der Waals surface area (Å²) in [6, 6.07) is 7.97. The first-order chi connectivity index (χ1) is 10.1. The molecule has 1 amide bonds. The van der Waals surface area contributed by atoms with Crippen molar-refractivity contribution < 1.29 is 13.9 Å². The second kappa shape index (κ2) is 6.03. The van der Waals surface area contributed by atoms with Gasteiger partial charge in [0.1, 0.15) is 0 Å². The molecule has 1 aromatic heterocycles. The van der Waals surface area contributed by atoms with Crippen LogP contribution in [0.1, 0.15) is 10.4 Å². The van der Waals surface area contributed by atoms with E-state index in [1.807, 2.05) is 6.07 Å². The van der Waals surface area contributed by atoms with E-state index in [0.29, 0.717) is 13.1 Å². The highest BCUT2D eigenvalue weighted by atomic mass is 35.5. The molecular formula is C15H13ClFNO2S. The van der Waals surface area contributed by atoms with E-state index in [-0.39, 0.29) is 18.3 Å². The standard InChI is InChI=1S/C15H13ClFNO2S/c16-14-7-10-8-18(6-5-13(10)21-14)15(19)9-20-12-4-2-1-3-11(12)17/h1-4,7H,5-6,8-9H2. The summed E-state index contributed by atoms with van der Waals surface area (Å²) in [6.07, 6.45) is 0.804. The van der Waals surface area contributed by atoms with Gasteiger partial charge in [0.05, 0.1) is 4.34 Å². The molecule has 2 aromatic rings. The van der Waals surface area contributed by atoms with Crippen LogP contribution in [0.2, 0.25) is 4.34 Å². The Balaban J connectivity index is 1.61. The molecule has 3 nitrogen and oxygen atoms in total. The van der Waals surface area contributed by atoms with Gasteiger partial charge in [0.25, 0.3) is 5.91 Å². The predicted molar refractivity (Wildman–Crippen MR) is 80.3 cm³/mol. The number of fused-ring (bicyclic) bond motifs is 1. The molecule has 0 atom stereocenters. The van der Waals surface area contributed by atoms with Crippen molar-refractivity contribution in [1.82, 2.24) is 4.90 Å². The van der Waals surface area contributed by atoms with Crippen molar-refractivity contribution in [1.29, 1.82) is 0 Å². The topological polar surface area (TPSA) is 29.5 Å². The first kappa shape index (κ1) is 14.4. The van der Waals surface area contributed by atoms with Crippen molar-refractivity contribution in [2.75, 3.05) is 13.2 Å². The van der Waals surface area contributed by atoms with Gasteiger partial charge < -0.3 is 9.64 Å². The fourth-order valence-electron chi connectivity index (χ4n) is 2.30. The Hall–Kier alpha value is -1.59. The number of rotatable bonds is 3. The van der Waals surface area contributed by atoms with Crippen LogP contribution < -0.4 is 4.74 Å². The minimum absolute atomic E-state index is 0.0992. The number of benzene rings is 1. The molecule has 0 N–H and O–H groups in total. The Kier molecular flexibility index (Phi) is 4.12. The highest BCUT2D eigenvalue weighted by Gasteiger charge is 2.23. The van der Waals surface area contributed by atoms with E-state index in [1.54, 1.807) is 28.4 Å². The smallest absolute Gasteiger partial charge is 0.260 e. The molecule has 0 unspecified atom stereocenters. The maximum Gasteiger partial charge on any atom is 0.260 e. The second-order valence-corrected chi connectivity index (χ2v) is 6.55. The number of carbonyl (C=O) groups is 1. The van der Waals surface area contributed by atoms with E-state index in [0.717, 1.165) is 16.3 Å². The number of amides is 1. The lowest BCUT2D eigenvalue weighted by atomic mass is 10.1. The Morgan fingerprint density at radius 2 is 2.24 bits per heavy atom. The van der Waals surface area contributed by atoms with Crippen molar-refractivity contribution in [3.8, 4) is 5.75 Å². The third-order valence-corrected chi connectivity index (χ3v) is 4.74. The number of nitrogens with zero attached hydrogens (tertiary/aromatic N) is 1. The first-order valence-corrected chi connectivity index (χ1v) is 7.75. The maximum absolute atomic E-state index is 13.4. The van der Waals surface area contributed by atoms with E-state index in [2.05, 4.69) is 0 Å². The lowest BCUT2D eigenvalue weighted by Crippen LogP contribution is -2.38. The lowest BCUT2D eigenvalue weighted by Gasteiger charge is -2.26. The zero-order valence-corrected chi connectivity index (χ0v) is 12.7. The van der Waals surface area contributed by atoms with Gasteiger partial charge in [-0.1, -0.05) is 23.7 Å². The van der Waals surface area contributed by atoms with Crippen LogP contribution >= 0.6 is 22.9 Å². The van der Waals surface area contributed by atoms with E-state index < -0.39 is 5.82 Å². The molecule has 2 heterocycles. The SMILES string of the molecule is O=C(COc1ccccc1F)N1CCc2sc(Cl)cc2C1. The summed E-state index contributed by atoms with van der Waals surface area (Å²) in [7, 11) is 0. The number of thiophene rings is 1. The molecule has 1 aromatic carbocycles. The van der Waals surface area contributed by atoms with Crippen LogP contribution in [0, 0.1) is 5.82 Å². The van der Waals surface area contributed by atoms with Gasteiger partial charge in [-0.25, -0.2) is 4.39 Å². The summed E-state index contributed by atoms with van der Waals surface area (Å²) in [6.45, 7) is 1.02. The molecule has 0 aliphatic carbocycles. The molecular weight excluding hydrogens is 313 g/mol. The van der Waals surface area contributed by atoms with Crippen LogP contribution in [0.15, 0.2) is 30.3 Å². The van der Waals surface area contributed by atoms with Crippen LogP contribution in [-0.2, 0) is 17.8 Å². The number of ether oxygens (including phenoxy) is 1. The second-order valence-electron chi connectivity index (χ2n) is 4.78. The number of halogens is 2. The fraction of sp³-hybridized carbons (Fsp3) is 0.267. The Morgan fingerprint density at radius 1 is 1.43 bits per heavy atom. The van der Waals surface area contributed by atoms with Crippen LogP contribution in [0.3, 0.4) is 0 Å². The molecule has 1 aliphatic heterocycles. The van der Waals surface area contributed by atoms with E-state index in [9.17, 15) is 9.18 Å². The highest BCUT2D eigenvalue weighted by Crippen LogP contribution is 2.31. The minimum Gasteiger partial charge on any atom is -0.481 e. The van der Waals surface area contributed by atoms with Crippen LogP contribution in [0.5, 0.6) is 5.75 Å². The Labute approximate surface area is 130 Å². The quantitative estimate of drug-likeness (QED) is 0.864. The van der Waals surface area contributed by atoms with Crippen LogP contribution in [0.4, 0.5) is 4.39 Å². The van der Waals surface area contributed by atoms with Gasteiger partial charge in [-0.3, -0.25) is 4.79 Å². The van der Waals surface area contributed by atoms with Gasteiger partial charge in [0.2, 0.25) is 0 Å². The van der Waals surface area contributed by atoms with Crippen molar-refractivity contribution in [2.45, 2.75) is 13.0 Å². The number of carbonyl (C=O) groups excluding carboxylic acids is 1. The van der Waals surface area contributed by atoms with Gasteiger partial charge in [-0.05, 0) is 30.2 Å². The summed E-state index contributed by atoms with van der Waals surface area (Å²) in [4.78, 5) is 15.1. The van der Waals surface area contributed by atoms with Crippen molar-refractivity contribution in [3.63, 3.8) is 0 Å². The normalized spacial score (nSPS) is 13.9. The van der Waals surface area contributed by atoms with Crippen LogP contribution in [0.25, 0.3) is 0 Å². The molecule has 0 fully saturated rings. The number of para-hydroxylation sites is 1. The van der Waals surface area contributed by atoms with E-state index >= 15 is 0 Å². The Morgan fingerprint density at radius 3 is 3.05 bits per heavy atom. The molecule has 3 rings (SSSR count). The molecule has 0 bridgehead atoms. The largest absolute Gasteiger partial charge is 0.481 e. The number of hydrogen-bond donors (Lipinski definition) is 0. The van der Waals surface area contributed by atoms with Gasteiger partial charge >= 0.3 is 0 Å². The third kappa shape index (κ3) is 3.19.